The van der Waals surface area contributed by atoms with Crippen LogP contribution >= 0.6 is 7.80 Å². The number of hydrogen-bond donors (Lipinski definition) is 0. The molecule has 0 radical (unpaired) electrons. The van der Waals surface area contributed by atoms with Gasteiger partial charge in [0, 0.05) is 10.6 Å². The van der Waals surface area contributed by atoms with Gasteiger partial charge in [-0.15, -0.1) is 0 Å². The second kappa shape index (κ2) is 4.58. The highest BCUT2D eigenvalue weighted by Gasteiger charge is 2.08. The standard InChI is InChI=1S/C12H9F2OP/c13-9-3-1-5-11(7-9)16(15)12-6-2-4-10(14)8-12/h1-8,16H. The van der Waals surface area contributed by atoms with E-state index in [0.717, 1.165) is 0 Å². The minimum atomic E-state index is -2.32. The Morgan fingerprint density at radius 3 is 1.62 bits per heavy atom. The smallest absolute Gasteiger partial charge is 0.132 e. The van der Waals surface area contributed by atoms with E-state index >= 15 is 0 Å². The lowest BCUT2D eigenvalue weighted by Crippen LogP contribution is -2.07. The van der Waals surface area contributed by atoms with Crippen molar-refractivity contribution in [1.82, 2.24) is 0 Å². The first-order chi connectivity index (χ1) is 7.66. The van der Waals surface area contributed by atoms with Gasteiger partial charge in [-0.3, -0.25) is 0 Å². The first-order valence-electron chi connectivity index (χ1n) is 4.72. The van der Waals surface area contributed by atoms with Crippen LogP contribution in [-0.2, 0) is 4.57 Å². The maximum Gasteiger partial charge on any atom is 0.132 e. The lowest BCUT2D eigenvalue weighted by molar-refractivity contribution is 0.596. The lowest BCUT2D eigenvalue weighted by atomic mass is 10.3. The molecule has 0 aliphatic rings. The van der Waals surface area contributed by atoms with Crippen molar-refractivity contribution in [3.8, 4) is 0 Å². The Morgan fingerprint density at radius 2 is 1.25 bits per heavy atom. The molecule has 0 spiro atoms. The Labute approximate surface area is 92.5 Å². The van der Waals surface area contributed by atoms with Gasteiger partial charge in [0.1, 0.15) is 19.4 Å². The quantitative estimate of drug-likeness (QED) is 0.734. The SMILES string of the molecule is O=[PH](c1cccc(F)c1)c1cccc(F)c1. The molecule has 1 nitrogen and oxygen atoms in total. The Balaban J connectivity index is 2.39. The maximum atomic E-state index is 12.9. The van der Waals surface area contributed by atoms with Crippen molar-refractivity contribution in [3.63, 3.8) is 0 Å². The van der Waals surface area contributed by atoms with Gasteiger partial charge < -0.3 is 4.57 Å². The highest BCUT2D eigenvalue weighted by atomic mass is 31.1. The summed E-state index contributed by atoms with van der Waals surface area (Å²) in [5.74, 6) is -0.875. The van der Waals surface area contributed by atoms with Gasteiger partial charge in [-0.25, -0.2) is 8.78 Å². The minimum absolute atomic E-state index is 0.399. The summed E-state index contributed by atoms with van der Waals surface area (Å²) in [4.78, 5) is 0. The van der Waals surface area contributed by atoms with Crippen LogP contribution in [0, 0.1) is 11.6 Å². The first-order valence-corrected chi connectivity index (χ1v) is 6.13. The average molecular weight is 238 g/mol. The molecule has 0 aromatic heterocycles. The van der Waals surface area contributed by atoms with Crippen LogP contribution in [0.4, 0.5) is 8.78 Å². The monoisotopic (exact) mass is 238 g/mol. The third-order valence-electron chi connectivity index (χ3n) is 2.17. The summed E-state index contributed by atoms with van der Waals surface area (Å²) >= 11 is 0. The third-order valence-corrected chi connectivity index (χ3v) is 3.84. The average Bonchev–Trinajstić information content (AvgIpc) is 2.28. The van der Waals surface area contributed by atoms with Crippen molar-refractivity contribution in [3.05, 3.63) is 60.2 Å². The van der Waals surface area contributed by atoms with Crippen molar-refractivity contribution in [2.45, 2.75) is 0 Å². The fourth-order valence-electron chi connectivity index (χ4n) is 1.43. The Bertz CT molecular complexity index is 493. The third kappa shape index (κ3) is 2.37. The Kier molecular flexibility index (Phi) is 3.16. The fourth-order valence-corrected chi connectivity index (χ4v) is 2.79. The van der Waals surface area contributed by atoms with Gasteiger partial charge in [0.2, 0.25) is 0 Å². The molecule has 82 valence electrons. The van der Waals surface area contributed by atoms with Crippen LogP contribution in [0.25, 0.3) is 0 Å². The number of benzene rings is 2. The maximum absolute atomic E-state index is 12.9. The van der Waals surface area contributed by atoms with Gasteiger partial charge in [0.25, 0.3) is 0 Å². The number of hydrogen-bond acceptors (Lipinski definition) is 1. The van der Waals surface area contributed by atoms with Crippen molar-refractivity contribution in [2.24, 2.45) is 0 Å². The summed E-state index contributed by atoms with van der Waals surface area (Å²) in [6.07, 6.45) is 0. The summed E-state index contributed by atoms with van der Waals surface area (Å²) in [5.41, 5.74) is 0. The van der Waals surface area contributed by atoms with Gasteiger partial charge >= 0.3 is 0 Å². The summed E-state index contributed by atoms with van der Waals surface area (Å²) in [6.45, 7) is 0. The second-order valence-corrected chi connectivity index (χ2v) is 5.16. The molecule has 2 aromatic rings. The van der Waals surface area contributed by atoms with Gasteiger partial charge in [0.05, 0.1) is 0 Å². The molecule has 0 unspecified atom stereocenters. The molecule has 0 fully saturated rings. The van der Waals surface area contributed by atoms with Gasteiger partial charge in [-0.1, -0.05) is 24.3 Å². The Hall–Kier alpha value is -1.47. The molecule has 2 rings (SSSR count). The molecule has 0 heterocycles. The fraction of sp³-hybridized carbons (Fsp3) is 0. The van der Waals surface area contributed by atoms with Crippen molar-refractivity contribution in [2.75, 3.05) is 0 Å². The zero-order chi connectivity index (χ0) is 11.5. The van der Waals surface area contributed by atoms with E-state index in [1.807, 2.05) is 0 Å². The predicted octanol–water partition coefficient (Wildman–Crippen LogP) is 2.48. The number of halogens is 2. The highest BCUT2D eigenvalue weighted by molar-refractivity contribution is 7.61. The molecule has 2 aromatic carbocycles. The lowest BCUT2D eigenvalue weighted by Gasteiger charge is -2.02. The molecule has 4 heteroatoms. The van der Waals surface area contributed by atoms with E-state index in [1.54, 1.807) is 12.1 Å². The summed E-state index contributed by atoms with van der Waals surface area (Å²) in [5, 5.41) is 0.797. The van der Waals surface area contributed by atoms with E-state index in [2.05, 4.69) is 0 Å². The van der Waals surface area contributed by atoms with E-state index in [9.17, 15) is 13.3 Å². The van der Waals surface area contributed by atoms with Gasteiger partial charge in [0.15, 0.2) is 0 Å². The molecular formula is C12H9F2OP. The topological polar surface area (TPSA) is 17.1 Å². The molecule has 0 aliphatic heterocycles. The van der Waals surface area contributed by atoms with Crippen LogP contribution < -0.4 is 10.6 Å². The molecule has 0 bridgehead atoms. The Morgan fingerprint density at radius 1 is 0.812 bits per heavy atom. The zero-order valence-corrected chi connectivity index (χ0v) is 9.28. The molecule has 0 atom stereocenters. The molecule has 0 N–H and O–H groups in total. The summed E-state index contributed by atoms with van der Waals surface area (Å²) in [7, 11) is -2.32. The van der Waals surface area contributed by atoms with E-state index in [1.165, 1.54) is 36.4 Å². The molecule has 16 heavy (non-hydrogen) atoms. The molecule has 0 aliphatic carbocycles. The van der Waals surface area contributed by atoms with Crippen LogP contribution in [0.5, 0.6) is 0 Å². The summed E-state index contributed by atoms with van der Waals surface area (Å²) < 4.78 is 37.9. The van der Waals surface area contributed by atoms with Crippen LogP contribution in [0.1, 0.15) is 0 Å². The van der Waals surface area contributed by atoms with Gasteiger partial charge in [-0.05, 0) is 24.3 Å². The van der Waals surface area contributed by atoms with Crippen LogP contribution in [0.2, 0.25) is 0 Å². The van der Waals surface area contributed by atoms with E-state index < -0.39 is 19.4 Å². The zero-order valence-electron chi connectivity index (χ0n) is 8.28. The van der Waals surface area contributed by atoms with Crippen molar-refractivity contribution >= 4 is 18.4 Å². The molecule has 0 saturated heterocycles. The first kappa shape index (κ1) is 11.0. The van der Waals surface area contributed by atoms with E-state index in [4.69, 9.17) is 0 Å². The molecule has 0 amide bonds. The van der Waals surface area contributed by atoms with E-state index in [-0.39, 0.29) is 0 Å². The van der Waals surface area contributed by atoms with Crippen LogP contribution in [0.3, 0.4) is 0 Å². The number of rotatable bonds is 2. The molecule has 0 saturated carbocycles. The van der Waals surface area contributed by atoms with Crippen molar-refractivity contribution in [1.29, 1.82) is 0 Å². The van der Waals surface area contributed by atoms with E-state index in [0.29, 0.717) is 10.6 Å². The second-order valence-electron chi connectivity index (χ2n) is 3.35. The summed E-state index contributed by atoms with van der Waals surface area (Å²) in [6, 6.07) is 11.1. The normalized spacial score (nSPS) is 10.7. The van der Waals surface area contributed by atoms with Crippen LogP contribution in [0.15, 0.2) is 48.5 Å². The van der Waals surface area contributed by atoms with Crippen LogP contribution in [-0.4, -0.2) is 0 Å². The predicted molar refractivity (Wildman–Crippen MR) is 61.1 cm³/mol. The minimum Gasteiger partial charge on any atom is -0.317 e. The largest absolute Gasteiger partial charge is 0.317 e. The molecular weight excluding hydrogens is 229 g/mol. The highest BCUT2D eigenvalue weighted by Crippen LogP contribution is 2.19. The van der Waals surface area contributed by atoms with Gasteiger partial charge in [-0.2, -0.15) is 0 Å². The van der Waals surface area contributed by atoms with Crippen molar-refractivity contribution < 1.29 is 13.3 Å².